The first-order chi connectivity index (χ1) is 55.7. The van der Waals surface area contributed by atoms with E-state index in [0.29, 0.717) is 36.2 Å². The van der Waals surface area contributed by atoms with Gasteiger partial charge >= 0.3 is 0 Å². The van der Waals surface area contributed by atoms with Gasteiger partial charge in [-0.3, -0.25) is 9.78 Å². The van der Waals surface area contributed by atoms with Crippen molar-refractivity contribution in [3.63, 3.8) is 0 Å². The van der Waals surface area contributed by atoms with Gasteiger partial charge in [0.2, 0.25) is 0 Å². The molecule has 0 fully saturated rings. The topological polar surface area (TPSA) is 106 Å². The lowest BCUT2D eigenvalue weighted by Crippen LogP contribution is -2.14. The van der Waals surface area contributed by atoms with Gasteiger partial charge in [0.15, 0.2) is 5.78 Å². The number of nitrogens with one attached hydrogen (secondary N) is 1. The van der Waals surface area contributed by atoms with Crippen LogP contribution in [0.25, 0.3) is 4.85 Å². The maximum atomic E-state index is 11.4. The van der Waals surface area contributed by atoms with Crippen molar-refractivity contribution in [2.45, 2.75) is 96.3 Å². The van der Waals surface area contributed by atoms with Gasteiger partial charge in [-0.15, -0.1) is 4.98 Å². The first-order valence-electron chi connectivity index (χ1n) is 26.7. The normalized spacial score (nSPS) is 11.6. The molecule has 7 rings (SSSR count). The molecule has 0 bridgehead atoms. The van der Waals surface area contributed by atoms with Crippen LogP contribution in [-0.4, -0.2) is 37.0 Å². The van der Waals surface area contributed by atoms with Crippen LogP contribution < -0.4 is 0 Å². The Bertz CT molecular complexity index is 6970. The summed E-state index contributed by atoms with van der Waals surface area (Å²) in [6, 6.07) is 12.1. The van der Waals surface area contributed by atoms with Gasteiger partial charge < -0.3 is 14.6 Å². The van der Waals surface area contributed by atoms with Gasteiger partial charge in [-0.05, 0) is 107 Å². The van der Waals surface area contributed by atoms with Crippen LogP contribution in [0.1, 0.15) is 112 Å². The zero-order valence-corrected chi connectivity index (χ0v) is 110. The molecular formula is C36H40N6O2S69. The fourth-order valence-electron chi connectivity index (χ4n) is 7.08. The number of ketones is 1. The van der Waals surface area contributed by atoms with E-state index in [2.05, 4.69) is 48.0 Å². The Morgan fingerprint density at radius 2 is 0.655 bits per heavy atom. The highest BCUT2D eigenvalue weighted by Crippen LogP contribution is 2.34. The Morgan fingerprint density at radius 3 is 0.956 bits per heavy atom. The third-order valence-electron chi connectivity index (χ3n) is 10.3. The van der Waals surface area contributed by atoms with Gasteiger partial charge in [0.1, 0.15) is 17.7 Å². The molecule has 0 spiro atoms. The predicted molar refractivity (Wildman–Crippen MR) is 678 cm³/mol. The smallest absolute Gasteiger partial charge is 0.269 e. The van der Waals surface area contributed by atoms with Crippen molar-refractivity contribution in [2.75, 3.05) is 0 Å². The van der Waals surface area contributed by atoms with E-state index in [1.54, 1.807) is 450 Å². The molecule has 0 radical (unpaired) electrons. The Labute approximate surface area is 865 Å². The minimum atomic E-state index is 0.208. The number of aromatic amines is 1. The summed E-state index contributed by atoms with van der Waals surface area (Å²) in [6.07, 6.45) is 15.7. The van der Waals surface area contributed by atoms with Crippen LogP contribution in [0.3, 0.4) is 0 Å². The van der Waals surface area contributed by atoms with Gasteiger partial charge in [-0.1, -0.05) is 24.8 Å². The number of hydrogen-bond donors (Lipinski definition) is 1. The van der Waals surface area contributed by atoms with Gasteiger partial charge in [0.25, 0.3) is 5.82 Å². The molecule has 4 aromatic rings. The van der Waals surface area contributed by atoms with Crippen LogP contribution in [0.5, 0.6) is 0 Å². The van der Waals surface area contributed by atoms with E-state index < -0.39 is 0 Å². The highest BCUT2D eigenvalue weighted by molar-refractivity contribution is 8.83. The second-order valence-corrected chi connectivity index (χ2v) is 128. The molecule has 0 aliphatic heterocycles. The molecule has 0 saturated carbocycles. The Kier molecular flexibility index (Phi) is 100. The van der Waals surface area contributed by atoms with E-state index in [1.807, 2.05) is 100 Å². The van der Waals surface area contributed by atoms with Crippen molar-refractivity contribution in [3.05, 3.63) is 111 Å². The van der Waals surface area contributed by atoms with Gasteiger partial charge in [-0.2, -0.15) is 0 Å². The van der Waals surface area contributed by atoms with Crippen molar-refractivity contribution in [1.29, 1.82) is 0 Å². The highest BCUT2D eigenvalue weighted by atomic mass is 33.5. The largest absolute Gasteiger partial charge is 0.361 e. The number of Topliss-reactive ketones (excluding diaryl/α,β-unsaturated/α-hetero) is 1. The van der Waals surface area contributed by atoms with Gasteiger partial charge in [0, 0.05) is 680 Å². The van der Waals surface area contributed by atoms with Crippen LogP contribution in [0.15, 0.2) is 48.9 Å². The zero-order chi connectivity index (χ0) is 81.4. The lowest BCUT2D eigenvalue weighted by Gasteiger charge is -2.22. The van der Waals surface area contributed by atoms with Crippen LogP contribution >= 0.6 is 0 Å². The summed E-state index contributed by atoms with van der Waals surface area (Å²) >= 11 is 28.6. The van der Waals surface area contributed by atoms with Crippen LogP contribution in [0, 0.1) is 20.4 Å². The number of carbonyl (C=O) groups excluding carboxylic acids is 2. The number of nitrogens with zero attached hydrogens (tertiary/aromatic N) is 5. The molecule has 0 amide bonds. The third-order valence-corrected chi connectivity index (χ3v) is 144. The summed E-state index contributed by atoms with van der Waals surface area (Å²) in [5, 5.41) is 0. The Balaban J connectivity index is 0.000000465. The van der Waals surface area contributed by atoms with Crippen molar-refractivity contribution in [3.8, 4) is 0 Å². The minimum absolute atomic E-state index is 0.208. The monoisotopic (exact) mass is 2790 g/mol. The maximum absolute atomic E-state index is 11.4. The molecule has 2 unspecified atom stereocenters. The number of aryl methyl sites for hydroxylation is 5. The lowest BCUT2D eigenvalue weighted by atomic mass is 9.84. The van der Waals surface area contributed by atoms with Gasteiger partial charge in [0.05, 0.1) is 6.33 Å². The number of aldehydes is 1. The van der Waals surface area contributed by atoms with E-state index in [-0.39, 0.29) is 5.78 Å². The summed E-state index contributed by atoms with van der Waals surface area (Å²) in [7, 11) is 109. The van der Waals surface area contributed by atoms with Crippen molar-refractivity contribution in [2.24, 2.45) is 0 Å². The number of pyridine rings is 3. The number of fused-ring (bicyclic) bond motifs is 3. The Hall–Kier alpha value is 10.7. The zero-order valence-electron chi connectivity index (χ0n) is 53.9. The molecule has 3 aliphatic carbocycles. The fraction of sp³-hybridized carbons (Fsp3) is 0.417. The molecule has 4 aromatic heterocycles. The van der Waals surface area contributed by atoms with E-state index in [4.69, 9.17) is 73.7 Å². The van der Waals surface area contributed by atoms with E-state index in [1.165, 1.54) is 82.9 Å². The van der Waals surface area contributed by atoms with E-state index in [9.17, 15) is 9.59 Å². The number of imidazole rings is 1. The number of hydrogen-bond acceptors (Lipinski definition) is 12. The molecule has 77 heteroatoms. The summed E-state index contributed by atoms with van der Waals surface area (Å²) in [4.78, 5) is 45.8. The summed E-state index contributed by atoms with van der Waals surface area (Å²) in [5.41, 5.74) is 9.89. The average Bonchev–Trinajstić information content (AvgIpc) is 0.907. The highest BCUT2D eigenvalue weighted by Gasteiger charge is 2.26. The molecule has 2 atom stereocenters. The average molecular weight is 2800 g/mol. The minimum Gasteiger partial charge on any atom is -0.361 e. The molecule has 0 saturated heterocycles. The number of H-pyrrole nitrogens is 1. The van der Waals surface area contributed by atoms with Gasteiger partial charge in [-0.25, -0.2) is 9.97 Å². The second-order valence-electron chi connectivity index (χ2n) is 16.2. The molecule has 3 aliphatic rings. The lowest BCUT2D eigenvalue weighted by molar-refractivity contribution is -0.108. The number of carbonyl (C=O) groups is 2. The van der Waals surface area contributed by atoms with E-state index >= 15 is 0 Å². The van der Waals surface area contributed by atoms with Crippen LogP contribution in [0.4, 0.5) is 5.82 Å². The molecule has 113 heavy (non-hydrogen) atoms. The number of aromatic nitrogens is 5. The molecule has 640 valence electrons. The van der Waals surface area contributed by atoms with Crippen molar-refractivity contribution >= 4 is 644 Å². The SMILES string of the molecule is Cc1ccc2c(n1)C(=O)CCC2.Cc1ccc2c(n1)C(CC=O)CCC2.S=S=S=S=S=S=S=S=S=S=S=S=S=S=S=S=S=S=S=S=S=S.S=S=S=S=S=S=S=S=S=S=S=S=S=S=S=S=S=S=S=S=S=S=S.S=S=S=S=S=S=S=S=S=S=S=S=S=S=S=S=S=S=S=S=S=S=S=S.[C-]#[N+]c1ccc2c(n1)C(Cc1cnc[nH]1)CCC2. The quantitative estimate of drug-likeness (QED) is 0.166. The fourth-order valence-corrected chi connectivity index (χ4v) is 164. The van der Waals surface area contributed by atoms with Crippen molar-refractivity contribution < 1.29 is 9.59 Å². The molecule has 4 heterocycles. The second kappa shape index (κ2) is 94.4. The number of rotatable bonds is 4. The first kappa shape index (κ1) is 120. The standard InChI is InChI=1S/C14H14N4.C12H15NO.C10H11NO.S24.S23.S22/c1-15-13-6-5-10-3-2-4-11(14(10)18-13)7-12-8-16-9-17-12;1-9-5-6-10-3-2-4-11(7-8-14)12(10)13-9;1-7-5-6-8-3-2-4-9(12)10(8)11-7;1-3-5-7-9-11-13-15-17-19-21-23-24-22-20-18-16-14-12-10-8-6-4-2;1-3-5-7-9-11-13-15-17-19-21-23-22-20-18-16-14-12-10-8-6-4-2;1-3-5-7-9-11-13-15-17-19-21-22-20-18-16-14-12-10-8-6-4-2/h5-6,8-9,11H,2-4,7H2,(H,16,17);5-6,8,11H,2-4,7H2,1H3;5-6H,2-4H2,1H3;;;. The van der Waals surface area contributed by atoms with Crippen LogP contribution in [0.2, 0.25) is 0 Å². The predicted octanol–water partition coefficient (Wildman–Crippen LogP) is 7.16. The van der Waals surface area contributed by atoms with E-state index in [0.717, 1.165) is 79.6 Å². The summed E-state index contributed by atoms with van der Waals surface area (Å²) < 4.78 is 0. The molecular weight excluding hydrogens is 2760 g/mol. The maximum Gasteiger partial charge on any atom is 0.269 e. The first-order valence-corrected chi connectivity index (χ1v) is 115. The molecule has 8 nitrogen and oxygen atoms in total. The molecule has 0 aromatic carbocycles. The molecule has 1 N–H and O–H groups in total. The third kappa shape index (κ3) is 73.7. The van der Waals surface area contributed by atoms with Crippen LogP contribution in [-0.2, 0) is 657 Å². The Morgan fingerprint density at radius 1 is 0.372 bits per heavy atom. The summed E-state index contributed by atoms with van der Waals surface area (Å²) in [6.45, 7) is 11.0. The van der Waals surface area contributed by atoms with Crippen molar-refractivity contribution in [1.82, 2.24) is 24.9 Å². The summed E-state index contributed by atoms with van der Waals surface area (Å²) in [5.74, 6) is 1.50.